The van der Waals surface area contributed by atoms with Crippen molar-refractivity contribution in [3.05, 3.63) is 58.0 Å². The summed E-state index contributed by atoms with van der Waals surface area (Å²) in [5.74, 6) is -0.458. The Kier molecular flexibility index (Phi) is 3.14. The van der Waals surface area contributed by atoms with E-state index in [-0.39, 0.29) is 16.9 Å². The fourth-order valence-electron chi connectivity index (χ4n) is 1.53. The Morgan fingerprint density at radius 3 is 2.78 bits per heavy atom. The van der Waals surface area contributed by atoms with Crippen molar-refractivity contribution in [2.45, 2.75) is 6.92 Å². The van der Waals surface area contributed by atoms with Crippen molar-refractivity contribution in [3.8, 4) is 5.75 Å². The van der Waals surface area contributed by atoms with Gasteiger partial charge in [0.1, 0.15) is 5.75 Å². The molecule has 18 heavy (non-hydrogen) atoms. The van der Waals surface area contributed by atoms with Gasteiger partial charge in [-0.3, -0.25) is 9.59 Å². The molecule has 0 spiro atoms. The molecule has 1 amide bonds. The van der Waals surface area contributed by atoms with E-state index in [9.17, 15) is 14.7 Å². The van der Waals surface area contributed by atoms with E-state index < -0.39 is 5.91 Å². The quantitative estimate of drug-likeness (QED) is 0.702. The molecule has 0 saturated carbocycles. The number of aromatic nitrogens is 1. The number of phenolic OH excluding ortho intramolecular Hbond substituents is 1. The number of carbonyl (C=O) groups excluding carboxylic acids is 1. The summed E-state index contributed by atoms with van der Waals surface area (Å²) in [5.41, 5.74) is 1.12. The molecule has 0 saturated heterocycles. The molecule has 0 unspecified atom stereocenters. The SMILES string of the molecule is Cc1ccc(O)c(NC(=O)c2cc[nH]c(=O)c2)c1. The molecular formula is C13H12N2O3. The number of aryl methyl sites for hydroxylation is 1. The summed E-state index contributed by atoms with van der Waals surface area (Å²) < 4.78 is 0. The van der Waals surface area contributed by atoms with Gasteiger partial charge in [0.25, 0.3) is 5.91 Å². The van der Waals surface area contributed by atoms with Gasteiger partial charge in [0.15, 0.2) is 0 Å². The highest BCUT2D eigenvalue weighted by molar-refractivity contribution is 6.04. The maximum atomic E-state index is 11.9. The molecule has 5 nitrogen and oxygen atoms in total. The maximum absolute atomic E-state index is 11.9. The first-order valence-corrected chi connectivity index (χ1v) is 5.36. The van der Waals surface area contributed by atoms with Gasteiger partial charge in [0.2, 0.25) is 5.56 Å². The third-order valence-electron chi connectivity index (χ3n) is 2.44. The van der Waals surface area contributed by atoms with E-state index in [0.717, 1.165) is 5.56 Å². The van der Waals surface area contributed by atoms with E-state index in [1.807, 2.05) is 6.92 Å². The highest BCUT2D eigenvalue weighted by Gasteiger charge is 2.09. The van der Waals surface area contributed by atoms with Crippen LogP contribution in [0.25, 0.3) is 0 Å². The molecule has 3 N–H and O–H groups in total. The smallest absolute Gasteiger partial charge is 0.256 e. The van der Waals surface area contributed by atoms with Crippen LogP contribution in [0.15, 0.2) is 41.3 Å². The molecule has 0 fully saturated rings. The molecule has 0 radical (unpaired) electrons. The molecule has 0 atom stereocenters. The third kappa shape index (κ3) is 2.57. The number of rotatable bonds is 2. The van der Waals surface area contributed by atoms with E-state index in [2.05, 4.69) is 10.3 Å². The average Bonchev–Trinajstić information content (AvgIpc) is 2.34. The molecule has 2 aromatic rings. The Morgan fingerprint density at radius 1 is 1.28 bits per heavy atom. The summed E-state index contributed by atoms with van der Waals surface area (Å²) in [7, 11) is 0. The number of hydrogen-bond acceptors (Lipinski definition) is 3. The molecule has 2 rings (SSSR count). The van der Waals surface area contributed by atoms with Crippen LogP contribution in [0.5, 0.6) is 5.75 Å². The van der Waals surface area contributed by atoms with Crippen molar-refractivity contribution in [1.29, 1.82) is 0 Å². The van der Waals surface area contributed by atoms with Crippen LogP contribution in [-0.4, -0.2) is 16.0 Å². The minimum atomic E-state index is -0.443. The van der Waals surface area contributed by atoms with E-state index in [0.29, 0.717) is 5.69 Å². The van der Waals surface area contributed by atoms with Gasteiger partial charge in [-0.05, 0) is 30.7 Å². The number of benzene rings is 1. The van der Waals surface area contributed by atoms with Gasteiger partial charge in [0, 0.05) is 17.8 Å². The second-order valence-electron chi connectivity index (χ2n) is 3.92. The van der Waals surface area contributed by atoms with Crippen LogP contribution in [0.3, 0.4) is 0 Å². The predicted molar refractivity (Wildman–Crippen MR) is 67.9 cm³/mol. The molecular weight excluding hydrogens is 232 g/mol. The van der Waals surface area contributed by atoms with Gasteiger partial charge >= 0.3 is 0 Å². The van der Waals surface area contributed by atoms with Crippen LogP contribution in [0.4, 0.5) is 5.69 Å². The lowest BCUT2D eigenvalue weighted by molar-refractivity contribution is 0.102. The van der Waals surface area contributed by atoms with Crippen molar-refractivity contribution >= 4 is 11.6 Å². The number of aromatic hydroxyl groups is 1. The monoisotopic (exact) mass is 244 g/mol. The number of H-pyrrole nitrogens is 1. The molecule has 0 aliphatic heterocycles. The van der Waals surface area contributed by atoms with E-state index in [4.69, 9.17) is 0 Å². The lowest BCUT2D eigenvalue weighted by Crippen LogP contribution is -2.15. The van der Waals surface area contributed by atoms with Gasteiger partial charge in [-0.2, -0.15) is 0 Å². The fourth-order valence-corrected chi connectivity index (χ4v) is 1.53. The molecule has 0 aliphatic carbocycles. The Morgan fingerprint density at radius 2 is 2.06 bits per heavy atom. The molecule has 92 valence electrons. The highest BCUT2D eigenvalue weighted by atomic mass is 16.3. The summed E-state index contributed by atoms with van der Waals surface area (Å²) in [6.07, 6.45) is 1.40. The third-order valence-corrected chi connectivity index (χ3v) is 2.44. The average molecular weight is 244 g/mol. The van der Waals surface area contributed by atoms with Gasteiger partial charge in [-0.15, -0.1) is 0 Å². The summed E-state index contributed by atoms with van der Waals surface area (Å²) in [6, 6.07) is 7.58. The van der Waals surface area contributed by atoms with Crippen molar-refractivity contribution in [1.82, 2.24) is 4.98 Å². The number of phenols is 1. The number of aromatic amines is 1. The zero-order valence-electron chi connectivity index (χ0n) is 9.73. The number of carbonyl (C=O) groups is 1. The standard InChI is InChI=1S/C13H12N2O3/c1-8-2-3-11(16)10(6-8)15-13(18)9-4-5-14-12(17)7-9/h2-7,16H,1H3,(H,14,17)(H,15,18). The van der Waals surface area contributed by atoms with E-state index in [1.165, 1.54) is 24.4 Å². The van der Waals surface area contributed by atoms with Crippen LogP contribution < -0.4 is 10.9 Å². The van der Waals surface area contributed by atoms with Crippen LogP contribution >= 0.6 is 0 Å². The minimum absolute atomic E-state index is 0.0150. The Hall–Kier alpha value is -2.56. The molecule has 0 aliphatic rings. The van der Waals surface area contributed by atoms with Gasteiger partial charge in [-0.25, -0.2) is 0 Å². The Bertz CT molecular complexity index is 647. The summed E-state index contributed by atoms with van der Waals surface area (Å²) in [5, 5.41) is 12.2. The molecule has 1 aromatic carbocycles. The van der Waals surface area contributed by atoms with E-state index >= 15 is 0 Å². The normalized spacial score (nSPS) is 10.1. The summed E-state index contributed by atoms with van der Waals surface area (Å²) in [4.78, 5) is 25.4. The van der Waals surface area contributed by atoms with Crippen molar-refractivity contribution in [2.24, 2.45) is 0 Å². The first-order valence-electron chi connectivity index (χ1n) is 5.36. The Balaban J connectivity index is 2.26. The lowest BCUT2D eigenvalue weighted by atomic mass is 10.2. The zero-order chi connectivity index (χ0) is 13.1. The summed E-state index contributed by atoms with van der Waals surface area (Å²) >= 11 is 0. The second-order valence-corrected chi connectivity index (χ2v) is 3.92. The molecule has 5 heteroatoms. The molecule has 1 heterocycles. The predicted octanol–water partition coefficient (Wildman–Crippen LogP) is 1.64. The number of pyridine rings is 1. The summed E-state index contributed by atoms with van der Waals surface area (Å²) in [6.45, 7) is 1.85. The first kappa shape index (κ1) is 11.9. The minimum Gasteiger partial charge on any atom is -0.506 e. The second kappa shape index (κ2) is 4.75. The first-order chi connectivity index (χ1) is 8.56. The molecule has 0 bridgehead atoms. The fraction of sp³-hybridized carbons (Fsp3) is 0.0769. The van der Waals surface area contributed by atoms with Crippen LogP contribution in [0.1, 0.15) is 15.9 Å². The topological polar surface area (TPSA) is 82.2 Å². The molecule has 1 aromatic heterocycles. The van der Waals surface area contributed by atoms with Gasteiger partial charge < -0.3 is 15.4 Å². The maximum Gasteiger partial charge on any atom is 0.256 e. The van der Waals surface area contributed by atoms with Crippen molar-refractivity contribution in [3.63, 3.8) is 0 Å². The van der Waals surface area contributed by atoms with Crippen molar-refractivity contribution in [2.75, 3.05) is 5.32 Å². The Labute approximate surface area is 103 Å². The lowest BCUT2D eigenvalue weighted by Gasteiger charge is -2.07. The van der Waals surface area contributed by atoms with Crippen molar-refractivity contribution < 1.29 is 9.90 Å². The largest absolute Gasteiger partial charge is 0.506 e. The van der Waals surface area contributed by atoms with Crippen LogP contribution in [-0.2, 0) is 0 Å². The van der Waals surface area contributed by atoms with Crippen LogP contribution in [0, 0.1) is 6.92 Å². The number of nitrogens with one attached hydrogen (secondary N) is 2. The van der Waals surface area contributed by atoms with Crippen LogP contribution in [0.2, 0.25) is 0 Å². The highest BCUT2D eigenvalue weighted by Crippen LogP contribution is 2.24. The van der Waals surface area contributed by atoms with E-state index in [1.54, 1.807) is 12.1 Å². The number of anilines is 1. The number of amides is 1. The number of hydrogen-bond donors (Lipinski definition) is 3. The van der Waals surface area contributed by atoms with Gasteiger partial charge in [-0.1, -0.05) is 6.07 Å². The van der Waals surface area contributed by atoms with Gasteiger partial charge in [0.05, 0.1) is 5.69 Å². The zero-order valence-corrected chi connectivity index (χ0v) is 9.73.